The second-order valence-electron chi connectivity index (χ2n) is 6.17. The third-order valence-electron chi connectivity index (χ3n) is 4.57. The van der Waals surface area contributed by atoms with E-state index in [-0.39, 0.29) is 5.91 Å². The van der Waals surface area contributed by atoms with E-state index in [1.807, 2.05) is 17.0 Å². The average molecular weight is 326 g/mol. The SMILES string of the molecule is COc1ccc(C2CCCCN(C(=O)c3ccc[n+]([O-])c3)C2)cc1. The van der Waals surface area contributed by atoms with Crippen LogP contribution in [0.3, 0.4) is 0 Å². The molecule has 1 amide bonds. The van der Waals surface area contributed by atoms with E-state index in [1.54, 1.807) is 19.2 Å². The largest absolute Gasteiger partial charge is 0.619 e. The molecule has 1 atom stereocenters. The van der Waals surface area contributed by atoms with E-state index in [0.717, 1.165) is 31.6 Å². The van der Waals surface area contributed by atoms with Crippen LogP contribution in [0.2, 0.25) is 0 Å². The van der Waals surface area contributed by atoms with Crippen LogP contribution in [-0.2, 0) is 0 Å². The van der Waals surface area contributed by atoms with Gasteiger partial charge in [0.1, 0.15) is 11.3 Å². The number of pyridine rings is 1. The number of hydrogen-bond donors (Lipinski definition) is 0. The number of ether oxygens (including phenoxy) is 1. The van der Waals surface area contributed by atoms with Gasteiger partial charge in [0.15, 0.2) is 12.4 Å². The van der Waals surface area contributed by atoms with Crippen molar-refractivity contribution in [3.63, 3.8) is 0 Å². The molecule has 24 heavy (non-hydrogen) atoms. The molecular formula is C19H22N2O3. The zero-order valence-electron chi connectivity index (χ0n) is 13.9. The Morgan fingerprint density at radius 1 is 1.25 bits per heavy atom. The molecule has 1 aromatic carbocycles. The predicted molar refractivity (Wildman–Crippen MR) is 90.9 cm³/mol. The molecule has 1 unspecified atom stereocenters. The second-order valence-corrected chi connectivity index (χ2v) is 6.17. The number of carbonyl (C=O) groups is 1. The summed E-state index contributed by atoms with van der Waals surface area (Å²) in [5.41, 5.74) is 1.67. The number of rotatable bonds is 3. The molecule has 1 aliphatic heterocycles. The Hall–Kier alpha value is -2.56. The maximum atomic E-state index is 12.7. The van der Waals surface area contributed by atoms with Crippen LogP contribution in [0.15, 0.2) is 48.8 Å². The molecule has 126 valence electrons. The number of amides is 1. The highest BCUT2D eigenvalue weighted by Crippen LogP contribution is 2.28. The summed E-state index contributed by atoms with van der Waals surface area (Å²) in [7, 11) is 1.66. The monoisotopic (exact) mass is 326 g/mol. The van der Waals surface area contributed by atoms with Gasteiger partial charge in [0, 0.05) is 25.1 Å². The molecule has 1 aliphatic rings. The van der Waals surface area contributed by atoms with Crippen LogP contribution in [0.5, 0.6) is 5.75 Å². The molecule has 1 aromatic heterocycles. The van der Waals surface area contributed by atoms with Gasteiger partial charge in [-0.05, 0) is 36.6 Å². The molecule has 2 aromatic rings. The van der Waals surface area contributed by atoms with Crippen molar-refractivity contribution < 1.29 is 14.3 Å². The number of hydrogen-bond acceptors (Lipinski definition) is 3. The van der Waals surface area contributed by atoms with Crippen molar-refractivity contribution in [1.29, 1.82) is 0 Å². The number of aromatic nitrogens is 1. The molecule has 0 saturated carbocycles. The lowest BCUT2D eigenvalue weighted by atomic mass is 9.94. The molecule has 0 radical (unpaired) electrons. The van der Waals surface area contributed by atoms with E-state index < -0.39 is 0 Å². The summed E-state index contributed by atoms with van der Waals surface area (Å²) in [6.45, 7) is 1.41. The maximum absolute atomic E-state index is 12.7. The first-order valence-electron chi connectivity index (χ1n) is 8.29. The van der Waals surface area contributed by atoms with Gasteiger partial charge in [0.05, 0.1) is 7.11 Å². The molecule has 5 nitrogen and oxygen atoms in total. The van der Waals surface area contributed by atoms with Crippen molar-refractivity contribution >= 4 is 5.91 Å². The Morgan fingerprint density at radius 3 is 2.75 bits per heavy atom. The molecule has 0 bridgehead atoms. The van der Waals surface area contributed by atoms with Crippen molar-refractivity contribution in [3.8, 4) is 5.75 Å². The molecule has 0 aliphatic carbocycles. The fraction of sp³-hybridized carbons (Fsp3) is 0.368. The smallest absolute Gasteiger partial charge is 0.259 e. The summed E-state index contributed by atoms with van der Waals surface area (Å²) in [6, 6.07) is 11.4. The topological polar surface area (TPSA) is 56.5 Å². The summed E-state index contributed by atoms with van der Waals surface area (Å²) in [5.74, 6) is 1.08. The van der Waals surface area contributed by atoms with E-state index in [9.17, 15) is 10.0 Å². The number of benzene rings is 1. The van der Waals surface area contributed by atoms with Crippen LogP contribution in [0, 0.1) is 5.21 Å². The first-order chi connectivity index (χ1) is 11.7. The molecule has 5 heteroatoms. The highest BCUT2D eigenvalue weighted by Gasteiger charge is 2.25. The quantitative estimate of drug-likeness (QED) is 0.644. The summed E-state index contributed by atoms with van der Waals surface area (Å²) in [4.78, 5) is 14.6. The molecule has 3 rings (SSSR count). The summed E-state index contributed by atoms with van der Waals surface area (Å²) in [5, 5.41) is 11.4. The van der Waals surface area contributed by atoms with Crippen molar-refractivity contribution in [2.24, 2.45) is 0 Å². The minimum Gasteiger partial charge on any atom is -0.619 e. The standard InChI is InChI=1S/C19H22N2O3/c1-24-18-9-7-15(8-10-18)16-5-2-3-11-20(13-16)19(22)17-6-4-12-21(23)14-17/h4,6-10,12,14,16H,2-3,5,11,13H2,1H3. The summed E-state index contributed by atoms with van der Waals surface area (Å²) >= 11 is 0. The number of likely N-dealkylation sites (tertiary alicyclic amines) is 1. The first-order valence-corrected chi connectivity index (χ1v) is 8.29. The van der Waals surface area contributed by atoms with Gasteiger partial charge in [0.2, 0.25) is 0 Å². The fourth-order valence-corrected chi connectivity index (χ4v) is 3.24. The Morgan fingerprint density at radius 2 is 2.04 bits per heavy atom. The van der Waals surface area contributed by atoms with Crippen LogP contribution >= 0.6 is 0 Å². The normalized spacial score (nSPS) is 18.0. The van der Waals surface area contributed by atoms with Gasteiger partial charge in [-0.25, -0.2) is 0 Å². The molecule has 0 N–H and O–H groups in total. The van der Waals surface area contributed by atoms with Gasteiger partial charge in [-0.15, -0.1) is 0 Å². The van der Waals surface area contributed by atoms with E-state index in [2.05, 4.69) is 12.1 Å². The highest BCUT2D eigenvalue weighted by atomic mass is 16.5. The Bertz CT molecular complexity index is 700. The molecule has 2 heterocycles. The minimum absolute atomic E-state index is 0.0689. The van der Waals surface area contributed by atoms with Gasteiger partial charge >= 0.3 is 0 Å². The Labute approximate surface area is 142 Å². The lowest BCUT2D eigenvalue weighted by Crippen LogP contribution is -2.36. The molecule has 1 saturated heterocycles. The van der Waals surface area contributed by atoms with Crippen molar-refractivity contribution in [3.05, 3.63) is 65.1 Å². The zero-order chi connectivity index (χ0) is 16.9. The van der Waals surface area contributed by atoms with Crippen LogP contribution in [-0.4, -0.2) is 31.0 Å². The maximum Gasteiger partial charge on any atom is 0.259 e. The average Bonchev–Trinajstić information content (AvgIpc) is 2.87. The number of carbonyl (C=O) groups excluding carboxylic acids is 1. The fourth-order valence-electron chi connectivity index (χ4n) is 3.24. The number of methoxy groups -OCH3 is 1. The third-order valence-corrected chi connectivity index (χ3v) is 4.57. The minimum atomic E-state index is -0.0689. The van der Waals surface area contributed by atoms with Crippen LogP contribution < -0.4 is 9.47 Å². The third kappa shape index (κ3) is 3.67. The van der Waals surface area contributed by atoms with Gasteiger partial charge < -0.3 is 14.8 Å². The lowest BCUT2D eigenvalue weighted by Gasteiger charge is -2.24. The zero-order valence-corrected chi connectivity index (χ0v) is 13.9. The summed E-state index contributed by atoms with van der Waals surface area (Å²) < 4.78 is 5.89. The van der Waals surface area contributed by atoms with E-state index in [4.69, 9.17) is 4.74 Å². The van der Waals surface area contributed by atoms with Gasteiger partial charge in [-0.1, -0.05) is 18.6 Å². The summed E-state index contributed by atoms with van der Waals surface area (Å²) in [6.07, 6.45) is 5.88. The number of nitrogens with zero attached hydrogens (tertiary/aromatic N) is 2. The van der Waals surface area contributed by atoms with Gasteiger partial charge in [0.25, 0.3) is 5.91 Å². The van der Waals surface area contributed by atoms with Crippen LogP contribution in [0.1, 0.15) is 41.1 Å². The Kier molecular flexibility index (Phi) is 4.99. The van der Waals surface area contributed by atoms with E-state index in [1.165, 1.54) is 18.0 Å². The highest BCUT2D eigenvalue weighted by molar-refractivity contribution is 5.93. The lowest BCUT2D eigenvalue weighted by molar-refractivity contribution is -0.605. The first kappa shape index (κ1) is 16.3. The molecule has 0 spiro atoms. The predicted octanol–water partition coefficient (Wildman–Crippen LogP) is 2.74. The van der Waals surface area contributed by atoms with E-state index >= 15 is 0 Å². The van der Waals surface area contributed by atoms with E-state index in [0.29, 0.717) is 22.8 Å². The van der Waals surface area contributed by atoms with Crippen molar-refractivity contribution in [2.75, 3.05) is 20.2 Å². The van der Waals surface area contributed by atoms with Crippen LogP contribution in [0.25, 0.3) is 0 Å². The van der Waals surface area contributed by atoms with Crippen molar-refractivity contribution in [2.45, 2.75) is 25.2 Å². The Balaban J connectivity index is 1.77. The second kappa shape index (κ2) is 7.34. The van der Waals surface area contributed by atoms with Crippen molar-refractivity contribution in [1.82, 2.24) is 4.90 Å². The van der Waals surface area contributed by atoms with Crippen LogP contribution in [0.4, 0.5) is 0 Å². The van der Waals surface area contributed by atoms with Gasteiger partial charge in [-0.2, -0.15) is 4.73 Å². The molecule has 1 fully saturated rings. The van der Waals surface area contributed by atoms with Gasteiger partial charge in [-0.3, -0.25) is 4.79 Å². The molecular weight excluding hydrogens is 304 g/mol.